The van der Waals surface area contributed by atoms with Crippen molar-refractivity contribution in [1.82, 2.24) is 0 Å². The molecule has 0 saturated carbocycles. The lowest BCUT2D eigenvalue weighted by atomic mass is 10.00. The topological polar surface area (TPSA) is 52.6 Å². The highest BCUT2D eigenvalue weighted by molar-refractivity contribution is 9.09. The van der Waals surface area contributed by atoms with Gasteiger partial charge in [-0.15, -0.1) is 0 Å². The molecule has 94 valence electrons. The summed E-state index contributed by atoms with van der Waals surface area (Å²) in [7, 11) is 0. The molecule has 0 aliphatic carbocycles. The molecule has 0 rings (SSSR count). The summed E-state index contributed by atoms with van der Waals surface area (Å²) < 4.78 is 9.74. The molecule has 0 heterocycles. The molecule has 2 atom stereocenters. The Hall–Kier alpha value is -0.580. The molecular weight excluding hydrogens is 276 g/mol. The van der Waals surface area contributed by atoms with Gasteiger partial charge in [0.1, 0.15) is 0 Å². The van der Waals surface area contributed by atoms with Gasteiger partial charge in [0.15, 0.2) is 0 Å². The fraction of sp³-hybridized carbons (Fsp3) is 0.818. The number of alkyl halides is 1. The summed E-state index contributed by atoms with van der Waals surface area (Å²) in [6.45, 7) is 6.08. The Labute approximate surface area is 105 Å². The van der Waals surface area contributed by atoms with Crippen LogP contribution in [0.5, 0.6) is 0 Å². The van der Waals surface area contributed by atoms with Crippen LogP contribution in [0.25, 0.3) is 0 Å². The zero-order chi connectivity index (χ0) is 12.6. The number of esters is 2. The van der Waals surface area contributed by atoms with Crippen molar-refractivity contribution in [2.45, 2.75) is 38.4 Å². The van der Waals surface area contributed by atoms with Gasteiger partial charge in [-0.25, -0.2) is 0 Å². The van der Waals surface area contributed by atoms with Gasteiger partial charge in [0, 0.05) is 4.83 Å². The third-order valence-electron chi connectivity index (χ3n) is 1.95. The molecule has 0 aromatic rings. The molecule has 0 saturated heterocycles. The van der Waals surface area contributed by atoms with Crippen LogP contribution >= 0.6 is 15.9 Å². The van der Waals surface area contributed by atoms with E-state index in [9.17, 15) is 9.59 Å². The summed E-state index contributed by atoms with van der Waals surface area (Å²) in [6, 6.07) is 0. The van der Waals surface area contributed by atoms with E-state index in [4.69, 9.17) is 9.47 Å². The molecule has 0 aromatic heterocycles. The molecule has 0 aliphatic rings. The Kier molecular flexibility index (Phi) is 8.25. The third kappa shape index (κ3) is 6.82. The van der Waals surface area contributed by atoms with Crippen molar-refractivity contribution in [3.05, 3.63) is 0 Å². The summed E-state index contributed by atoms with van der Waals surface area (Å²) in [6.07, 6.45) is 0.653. The van der Waals surface area contributed by atoms with Crippen LogP contribution in [0.1, 0.15) is 33.6 Å². The van der Waals surface area contributed by atoms with Crippen molar-refractivity contribution in [2.75, 3.05) is 13.2 Å². The van der Waals surface area contributed by atoms with E-state index in [1.807, 2.05) is 6.92 Å². The third-order valence-corrected chi connectivity index (χ3v) is 2.32. The highest BCUT2D eigenvalue weighted by Gasteiger charge is 2.25. The fourth-order valence-electron chi connectivity index (χ4n) is 1.34. The van der Waals surface area contributed by atoms with Crippen LogP contribution < -0.4 is 0 Å². The second-order valence-electron chi connectivity index (χ2n) is 3.47. The Balaban J connectivity index is 4.30. The predicted molar refractivity (Wildman–Crippen MR) is 64.4 cm³/mol. The number of carbonyl (C=O) groups is 2. The minimum atomic E-state index is -0.423. The summed E-state index contributed by atoms with van der Waals surface area (Å²) in [4.78, 5) is 23.0. The van der Waals surface area contributed by atoms with Gasteiger partial charge in [-0.05, 0) is 20.3 Å². The SMILES string of the molecule is CCOC(=O)CC(CC(C)Br)C(=O)OCC. The first-order chi connectivity index (χ1) is 7.51. The van der Waals surface area contributed by atoms with E-state index < -0.39 is 5.92 Å². The normalized spacial score (nSPS) is 14.0. The van der Waals surface area contributed by atoms with E-state index in [0.29, 0.717) is 19.6 Å². The van der Waals surface area contributed by atoms with Gasteiger partial charge < -0.3 is 9.47 Å². The van der Waals surface area contributed by atoms with Gasteiger partial charge in [-0.2, -0.15) is 0 Å². The number of carbonyl (C=O) groups excluding carboxylic acids is 2. The van der Waals surface area contributed by atoms with Crippen LogP contribution in [0.4, 0.5) is 0 Å². The van der Waals surface area contributed by atoms with E-state index in [1.165, 1.54) is 0 Å². The van der Waals surface area contributed by atoms with Crippen LogP contribution in [0, 0.1) is 5.92 Å². The molecule has 0 amide bonds. The Morgan fingerprint density at radius 3 is 2.19 bits per heavy atom. The lowest BCUT2D eigenvalue weighted by Crippen LogP contribution is -2.24. The lowest BCUT2D eigenvalue weighted by Gasteiger charge is -2.15. The van der Waals surface area contributed by atoms with Crippen LogP contribution in [-0.2, 0) is 19.1 Å². The minimum Gasteiger partial charge on any atom is -0.466 e. The average Bonchev–Trinajstić information content (AvgIpc) is 2.16. The minimum absolute atomic E-state index is 0.0859. The maximum absolute atomic E-state index is 11.6. The number of hydrogen-bond donors (Lipinski definition) is 0. The summed E-state index contributed by atoms with van der Waals surface area (Å²) >= 11 is 3.36. The van der Waals surface area contributed by atoms with E-state index in [-0.39, 0.29) is 23.2 Å². The van der Waals surface area contributed by atoms with Gasteiger partial charge in [0.05, 0.1) is 25.6 Å². The highest BCUT2D eigenvalue weighted by atomic mass is 79.9. The van der Waals surface area contributed by atoms with E-state index in [2.05, 4.69) is 15.9 Å². The first kappa shape index (κ1) is 15.4. The van der Waals surface area contributed by atoms with E-state index in [0.717, 1.165) is 0 Å². The highest BCUT2D eigenvalue weighted by Crippen LogP contribution is 2.18. The zero-order valence-electron chi connectivity index (χ0n) is 9.99. The van der Waals surface area contributed by atoms with Crippen molar-refractivity contribution in [3.63, 3.8) is 0 Å². The van der Waals surface area contributed by atoms with Gasteiger partial charge in [-0.3, -0.25) is 9.59 Å². The van der Waals surface area contributed by atoms with E-state index in [1.54, 1.807) is 13.8 Å². The van der Waals surface area contributed by atoms with Crippen LogP contribution in [-0.4, -0.2) is 30.0 Å². The van der Waals surface area contributed by atoms with Crippen molar-refractivity contribution < 1.29 is 19.1 Å². The number of rotatable bonds is 7. The second kappa shape index (κ2) is 8.56. The predicted octanol–water partition coefficient (Wildman–Crippen LogP) is 2.29. The fourth-order valence-corrected chi connectivity index (χ4v) is 1.79. The van der Waals surface area contributed by atoms with Gasteiger partial charge >= 0.3 is 11.9 Å². The van der Waals surface area contributed by atoms with Crippen LogP contribution in [0.15, 0.2) is 0 Å². The molecule has 0 radical (unpaired) electrons. The van der Waals surface area contributed by atoms with Crippen molar-refractivity contribution in [1.29, 1.82) is 0 Å². The number of halogens is 1. The average molecular weight is 295 g/mol. The van der Waals surface area contributed by atoms with E-state index >= 15 is 0 Å². The Morgan fingerprint density at radius 2 is 1.75 bits per heavy atom. The Bertz CT molecular complexity index is 228. The summed E-state index contributed by atoms with van der Waals surface area (Å²) in [5.74, 6) is -1.11. The molecular formula is C11H19BrO4. The van der Waals surface area contributed by atoms with Gasteiger partial charge in [0.2, 0.25) is 0 Å². The second-order valence-corrected chi connectivity index (χ2v) is 5.04. The van der Waals surface area contributed by atoms with Crippen molar-refractivity contribution in [3.8, 4) is 0 Å². The maximum atomic E-state index is 11.6. The van der Waals surface area contributed by atoms with Gasteiger partial charge in [-0.1, -0.05) is 22.9 Å². The lowest BCUT2D eigenvalue weighted by molar-refractivity contribution is -0.154. The van der Waals surface area contributed by atoms with Crippen molar-refractivity contribution in [2.24, 2.45) is 5.92 Å². The molecule has 0 spiro atoms. The van der Waals surface area contributed by atoms with Crippen LogP contribution in [0.2, 0.25) is 0 Å². The molecule has 16 heavy (non-hydrogen) atoms. The molecule has 5 heteroatoms. The Morgan fingerprint density at radius 1 is 1.19 bits per heavy atom. The molecule has 0 aliphatic heterocycles. The zero-order valence-corrected chi connectivity index (χ0v) is 11.6. The molecule has 2 unspecified atom stereocenters. The molecule has 0 bridgehead atoms. The largest absolute Gasteiger partial charge is 0.466 e. The molecule has 4 nitrogen and oxygen atoms in total. The number of ether oxygens (including phenoxy) is 2. The first-order valence-corrected chi connectivity index (χ1v) is 6.39. The van der Waals surface area contributed by atoms with Gasteiger partial charge in [0.25, 0.3) is 0 Å². The standard InChI is InChI=1S/C11H19BrO4/c1-4-15-10(13)7-9(6-8(3)12)11(14)16-5-2/h8-9H,4-7H2,1-3H3. The number of hydrogen-bond acceptors (Lipinski definition) is 4. The quantitative estimate of drug-likeness (QED) is 0.534. The smallest absolute Gasteiger partial charge is 0.309 e. The monoisotopic (exact) mass is 294 g/mol. The molecule has 0 N–H and O–H groups in total. The first-order valence-electron chi connectivity index (χ1n) is 5.47. The summed E-state index contributed by atoms with van der Waals surface area (Å²) in [5.41, 5.74) is 0. The summed E-state index contributed by atoms with van der Waals surface area (Å²) in [5, 5.41) is 0. The van der Waals surface area contributed by atoms with Crippen molar-refractivity contribution >= 4 is 27.9 Å². The molecule has 0 aromatic carbocycles. The maximum Gasteiger partial charge on any atom is 0.309 e. The van der Waals surface area contributed by atoms with Crippen LogP contribution in [0.3, 0.4) is 0 Å². The molecule has 0 fully saturated rings.